The van der Waals surface area contributed by atoms with E-state index in [-0.39, 0.29) is 12.3 Å². The molecule has 0 spiro atoms. The van der Waals surface area contributed by atoms with Gasteiger partial charge in [0.05, 0.1) is 3.79 Å². The lowest BCUT2D eigenvalue weighted by Gasteiger charge is -2.29. The Hall–Kier alpha value is -1.54. The fraction of sp³-hybridized carbons (Fsp3) is 0.385. The van der Waals surface area contributed by atoms with E-state index in [9.17, 15) is 14.4 Å². The lowest BCUT2D eigenvalue weighted by Crippen LogP contribution is -2.53. The van der Waals surface area contributed by atoms with Gasteiger partial charge < -0.3 is 0 Å². The van der Waals surface area contributed by atoms with E-state index in [1.54, 1.807) is 6.92 Å². The van der Waals surface area contributed by atoms with Gasteiger partial charge in [-0.3, -0.25) is 24.6 Å². The number of halogens is 1. The second kappa shape index (κ2) is 6.48. The lowest BCUT2D eigenvalue weighted by atomic mass is 10.0. The first-order chi connectivity index (χ1) is 9.92. The van der Waals surface area contributed by atoms with Crippen molar-refractivity contribution in [2.45, 2.75) is 32.7 Å². The maximum atomic E-state index is 11.8. The summed E-state index contributed by atoms with van der Waals surface area (Å²) in [4.78, 5) is 40.0. The first-order valence-electron chi connectivity index (χ1n) is 6.31. The van der Waals surface area contributed by atoms with Gasteiger partial charge in [0.1, 0.15) is 16.9 Å². The number of hydrogen-bond acceptors (Lipinski definition) is 5. The Bertz CT molecular complexity index is 626. The standard InChI is InChI=1S/C13H14BrN3O3S/c1-7-5-10(14)21-13(7)15-8(2)17(6-18)9-3-4-11(19)16-12(9)20/h5-6,9H,3-4H2,1-2H3,(H,16,19,20). The summed E-state index contributed by atoms with van der Waals surface area (Å²) in [5.41, 5.74) is 0.986. The Labute approximate surface area is 134 Å². The number of hydrogen-bond donors (Lipinski definition) is 1. The summed E-state index contributed by atoms with van der Waals surface area (Å²) in [6.45, 7) is 3.59. The molecule has 1 aromatic rings. The fourth-order valence-corrected chi connectivity index (χ4v) is 3.69. The third kappa shape index (κ3) is 3.56. The van der Waals surface area contributed by atoms with Crippen molar-refractivity contribution in [2.24, 2.45) is 4.99 Å². The molecule has 0 saturated carbocycles. The van der Waals surface area contributed by atoms with Crippen molar-refractivity contribution in [2.75, 3.05) is 0 Å². The summed E-state index contributed by atoms with van der Waals surface area (Å²) in [6, 6.07) is 1.25. The predicted octanol–water partition coefficient (Wildman–Crippen LogP) is 2.13. The Morgan fingerprint density at radius 2 is 2.29 bits per heavy atom. The minimum Gasteiger partial charge on any atom is -0.295 e. The van der Waals surface area contributed by atoms with Crippen molar-refractivity contribution >= 4 is 56.3 Å². The molecular formula is C13H14BrN3O3S. The Morgan fingerprint density at radius 3 is 2.81 bits per heavy atom. The average molecular weight is 372 g/mol. The molecule has 1 aliphatic rings. The highest BCUT2D eigenvalue weighted by atomic mass is 79.9. The number of aliphatic imine (C=N–C) groups is 1. The van der Waals surface area contributed by atoms with Crippen LogP contribution in [0.25, 0.3) is 0 Å². The second-order valence-electron chi connectivity index (χ2n) is 4.68. The van der Waals surface area contributed by atoms with Crippen LogP contribution in [0.5, 0.6) is 0 Å². The quantitative estimate of drug-likeness (QED) is 0.382. The molecule has 1 saturated heterocycles. The Morgan fingerprint density at radius 1 is 1.57 bits per heavy atom. The summed E-state index contributed by atoms with van der Waals surface area (Å²) in [7, 11) is 0. The summed E-state index contributed by atoms with van der Waals surface area (Å²) in [5.74, 6) is -0.344. The lowest BCUT2D eigenvalue weighted by molar-refractivity contribution is -0.138. The summed E-state index contributed by atoms with van der Waals surface area (Å²) in [5, 5.41) is 3.02. The van der Waals surface area contributed by atoms with E-state index in [0.717, 1.165) is 14.4 Å². The van der Waals surface area contributed by atoms with Gasteiger partial charge in [-0.15, -0.1) is 11.3 Å². The third-order valence-electron chi connectivity index (χ3n) is 3.16. The van der Waals surface area contributed by atoms with Crippen molar-refractivity contribution in [3.8, 4) is 0 Å². The highest BCUT2D eigenvalue weighted by Gasteiger charge is 2.32. The van der Waals surface area contributed by atoms with E-state index in [2.05, 4.69) is 26.2 Å². The molecule has 21 heavy (non-hydrogen) atoms. The highest BCUT2D eigenvalue weighted by molar-refractivity contribution is 9.11. The average Bonchev–Trinajstić information content (AvgIpc) is 2.71. The van der Waals surface area contributed by atoms with Crippen molar-refractivity contribution < 1.29 is 14.4 Å². The predicted molar refractivity (Wildman–Crippen MR) is 83.6 cm³/mol. The molecule has 6 nitrogen and oxygen atoms in total. The number of imide groups is 1. The fourth-order valence-electron chi connectivity index (χ4n) is 2.07. The molecule has 0 radical (unpaired) electrons. The zero-order chi connectivity index (χ0) is 15.6. The van der Waals surface area contributed by atoms with E-state index < -0.39 is 11.9 Å². The van der Waals surface area contributed by atoms with Crippen LogP contribution in [0.2, 0.25) is 0 Å². The first-order valence-corrected chi connectivity index (χ1v) is 7.92. The normalized spacial score (nSPS) is 19.4. The van der Waals surface area contributed by atoms with Crippen LogP contribution < -0.4 is 5.32 Å². The van der Waals surface area contributed by atoms with Crippen LogP contribution in [-0.4, -0.2) is 35.0 Å². The van der Waals surface area contributed by atoms with Gasteiger partial charge in [0.15, 0.2) is 0 Å². The highest BCUT2D eigenvalue weighted by Crippen LogP contribution is 2.34. The van der Waals surface area contributed by atoms with Gasteiger partial charge >= 0.3 is 0 Å². The van der Waals surface area contributed by atoms with Gasteiger partial charge in [-0.2, -0.15) is 0 Å². The first kappa shape index (κ1) is 15.8. The van der Waals surface area contributed by atoms with Gasteiger partial charge in [-0.1, -0.05) is 0 Å². The maximum absolute atomic E-state index is 11.8. The molecule has 3 amide bonds. The molecular weight excluding hydrogens is 358 g/mol. The van der Waals surface area contributed by atoms with Gasteiger partial charge in [-0.05, 0) is 47.8 Å². The number of piperidine rings is 1. The van der Waals surface area contributed by atoms with Crippen molar-refractivity contribution in [1.82, 2.24) is 10.2 Å². The van der Waals surface area contributed by atoms with Crippen LogP contribution in [0.3, 0.4) is 0 Å². The number of amides is 3. The molecule has 1 unspecified atom stereocenters. The van der Waals surface area contributed by atoms with E-state index in [1.807, 2.05) is 13.0 Å². The molecule has 0 bridgehead atoms. The number of rotatable bonds is 3. The molecule has 1 atom stereocenters. The summed E-state index contributed by atoms with van der Waals surface area (Å²) < 4.78 is 0.949. The molecule has 2 rings (SSSR count). The van der Waals surface area contributed by atoms with E-state index in [1.165, 1.54) is 16.2 Å². The van der Waals surface area contributed by atoms with Crippen LogP contribution in [-0.2, 0) is 14.4 Å². The van der Waals surface area contributed by atoms with Gasteiger partial charge in [0.2, 0.25) is 18.2 Å². The molecule has 0 aromatic carbocycles. The number of nitrogens with zero attached hydrogens (tertiary/aromatic N) is 2. The van der Waals surface area contributed by atoms with Crippen LogP contribution in [0.15, 0.2) is 14.8 Å². The Kier molecular flexibility index (Phi) is 4.89. The zero-order valence-electron chi connectivity index (χ0n) is 11.6. The number of amidine groups is 1. The van der Waals surface area contributed by atoms with E-state index >= 15 is 0 Å². The summed E-state index contributed by atoms with van der Waals surface area (Å²) in [6.07, 6.45) is 1.11. The monoisotopic (exact) mass is 371 g/mol. The topological polar surface area (TPSA) is 78.8 Å². The van der Waals surface area contributed by atoms with Crippen molar-refractivity contribution in [3.05, 3.63) is 15.4 Å². The number of thiophene rings is 1. The zero-order valence-corrected chi connectivity index (χ0v) is 14.0. The Balaban J connectivity index is 2.24. The second-order valence-corrected chi connectivity index (χ2v) is 7.09. The van der Waals surface area contributed by atoms with Crippen LogP contribution >= 0.6 is 27.3 Å². The summed E-state index contributed by atoms with van der Waals surface area (Å²) >= 11 is 4.83. The number of nitrogens with one attached hydrogen (secondary N) is 1. The third-order valence-corrected chi connectivity index (χ3v) is 4.79. The van der Waals surface area contributed by atoms with E-state index in [4.69, 9.17) is 0 Å². The number of aryl methyl sites for hydroxylation is 1. The molecule has 2 heterocycles. The molecule has 8 heteroatoms. The van der Waals surface area contributed by atoms with Gasteiger partial charge in [0.25, 0.3) is 0 Å². The van der Waals surface area contributed by atoms with Crippen LogP contribution in [0, 0.1) is 6.92 Å². The smallest absolute Gasteiger partial charge is 0.249 e. The minimum atomic E-state index is -0.687. The van der Waals surface area contributed by atoms with Gasteiger partial charge in [-0.25, -0.2) is 4.99 Å². The number of carbonyl (C=O) groups is 3. The molecule has 1 fully saturated rings. The molecule has 1 aromatic heterocycles. The molecule has 1 N–H and O–H groups in total. The van der Waals surface area contributed by atoms with Crippen LogP contribution in [0.1, 0.15) is 25.3 Å². The largest absolute Gasteiger partial charge is 0.295 e. The van der Waals surface area contributed by atoms with Crippen LogP contribution in [0.4, 0.5) is 5.00 Å². The molecule has 0 aliphatic carbocycles. The molecule has 112 valence electrons. The van der Waals surface area contributed by atoms with Crippen molar-refractivity contribution in [3.63, 3.8) is 0 Å². The van der Waals surface area contributed by atoms with E-state index in [0.29, 0.717) is 18.7 Å². The van der Waals surface area contributed by atoms with Crippen molar-refractivity contribution in [1.29, 1.82) is 0 Å². The minimum absolute atomic E-state index is 0.220. The number of carbonyl (C=O) groups excluding carboxylic acids is 3. The SMILES string of the molecule is CC(=Nc1sc(Br)cc1C)N(C=O)C1CCC(=O)NC1=O. The van der Waals surface area contributed by atoms with Gasteiger partial charge in [0, 0.05) is 6.42 Å². The maximum Gasteiger partial charge on any atom is 0.249 e. The molecule has 1 aliphatic heterocycles.